The summed E-state index contributed by atoms with van der Waals surface area (Å²) in [6, 6.07) is 0. The molecule has 0 aromatic heterocycles. The van der Waals surface area contributed by atoms with Crippen LogP contribution in [0.3, 0.4) is 0 Å². The van der Waals surface area contributed by atoms with Gasteiger partial charge < -0.3 is 5.32 Å². The minimum atomic E-state index is 0.0787. The molecule has 0 fully saturated rings. The third-order valence-electron chi connectivity index (χ3n) is 1.38. The van der Waals surface area contributed by atoms with E-state index in [-0.39, 0.29) is 11.4 Å². The van der Waals surface area contributed by atoms with Crippen LogP contribution in [0.2, 0.25) is 5.54 Å². The standard InChI is InChI=1S/C6H13NOSi/c1-4(2)5(9)6(8)7-3/h5H,1H2,2-3,9H3,(H,7,8). The predicted molar refractivity (Wildman–Crippen MR) is 42.6 cm³/mol. The molecule has 0 rings (SSSR count). The molecular weight excluding hydrogens is 130 g/mol. The molecule has 0 heterocycles. The van der Waals surface area contributed by atoms with Gasteiger partial charge in [0.2, 0.25) is 5.91 Å². The van der Waals surface area contributed by atoms with Crippen LogP contribution in [0.5, 0.6) is 0 Å². The van der Waals surface area contributed by atoms with E-state index in [9.17, 15) is 4.79 Å². The number of amides is 1. The Bertz CT molecular complexity index is 133. The maximum absolute atomic E-state index is 10.8. The lowest BCUT2D eigenvalue weighted by Crippen LogP contribution is -2.23. The monoisotopic (exact) mass is 143 g/mol. The first-order valence-electron chi connectivity index (χ1n) is 2.96. The molecule has 3 heteroatoms. The van der Waals surface area contributed by atoms with Crippen LogP contribution in [0.25, 0.3) is 0 Å². The van der Waals surface area contributed by atoms with E-state index in [1.54, 1.807) is 7.05 Å². The Hall–Kier alpha value is -0.573. The highest BCUT2D eigenvalue weighted by molar-refractivity contribution is 6.25. The van der Waals surface area contributed by atoms with Gasteiger partial charge in [0.05, 0.1) is 0 Å². The third-order valence-corrected chi connectivity index (χ3v) is 2.89. The van der Waals surface area contributed by atoms with Crippen molar-refractivity contribution in [2.45, 2.75) is 12.5 Å². The number of nitrogens with one attached hydrogen (secondary N) is 1. The Morgan fingerprint density at radius 1 is 1.78 bits per heavy atom. The molecule has 0 saturated carbocycles. The summed E-state index contributed by atoms with van der Waals surface area (Å²) >= 11 is 0. The molecule has 0 radical (unpaired) electrons. The Morgan fingerprint density at radius 2 is 2.22 bits per heavy atom. The van der Waals surface area contributed by atoms with E-state index in [4.69, 9.17) is 0 Å². The average Bonchev–Trinajstić information content (AvgIpc) is 1.84. The number of rotatable bonds is 2. The van der Waals surface area contributed by atoms with E-state index in [0.717, 1.165) is 15.8 Å². The summed E-state index contributed by atoms with van der Waals surface area (Å²) < 4.78 is 0. The molecule has 1 atom stereocenters. The molecule has 52 valence electrons. The molecule has 1 amide bonds. The van der Waals surface area contributed by atoms with Crippen LogP contribution in [0.4, 0.5) is 0 Å². The van der Waals surface area contributed by atoms with Crippen molar-refractivity contribution in [2.75, 3.05) is 7.05 Å². The van der Waals surface area contributed by atoms with E-state index < -0.39 is 0 Å². The molecule has 0 aliphatic rings. The van der Waals surface area contributed by atoms with Gasteiger partial charge in [0, 0.05) is 22.8 Å². The fourth-order valence-electron chi connectivity index (χ4n) is 0.440. The van der Waals surface area contributed by atoms with Crippen molar-refractivity contribution in [3.05, 3.63) is 12.2 Å². The number of hydrogen-bond donors (Lipinski definition) is 1. The second-order valence-electron chi connectivity index (χ2n) is 2.18. The Labute approximate surface area is 58.8 Å². The summed E-state index contributed by atoms with van der Waals surface area (Å²) in [5, 5.41) is 2.58. The van der Waals surface area contributed by atoms with Gasteiger partial charge >= 0.3 is 0 Å². The van der Waals surface area contributed by atoms with E-state index in [0.29, 0.717) is 0 Å². The second kappa shape index (κ2) is 3.45. The zero-order valence-electron chi connectivity index (χ0n) is 6.19. The van der Waals surface area contributed by atoms with E-state index >= 15 is 0 Å². The first-order chi connectivity index (χ1) is 4.09. The molecule has 0 spiro atoms. The van der Waals surface area contributed by atoms with Crippen LogP contribution in [0.1, 0.15) is 6.92 Å². The number of hydrogen-bond acceptors (Lipinski definition) is 1. The fourth-order valence-corrected chi connectivity index (χ4v) is 0.729. The van der Waals surface area contributed by atoms with E-state index in [1.807, 2.05) is 6.92 Å². The van der Waals surface area contributed by atoms with Gasteiger partial charge in [0.25, 0.3) is 0 Å². The van der Waals surface area contributed by atoms with Gasteiger partial charge in [-0.15, -0.1) is 0 Å². The molecule has 2 nitrogen and oxygen atoms in total. The Kier molecular flexibility index (Phi) is 3.23. The van der Waals surface area contributed by atoms with Gasteiger partial charge in [-0.2, -0.15) is 0 Å². The van der Waals surface area contributed by atoms with Gasteiger partial charge in [0.1, 0.15) is 0 Å². The maximum Gasteiger partial charge on any atom is 0.223 e. The topological polar surface area (TPSA) is 29.1 Å². The van der Waals surface area contributed by atoms with Gasteiger partial charge in [-0.3, -0.25) is 4.79 Å². The lowest BCUT2D eigenvalue weighted by atomic mass is 10.2. The third kappa shape index (κ3) is 2.46. The van der Waals surface area contributed by atoms with Crippen LogP contribution in [0, 0.1) is 0 Å². The first kappa shape index (κ1) is 8.43. The predicted octanol–water partition coefficient (Wildman–Crippen LogP) is -0.538. The van der Waals surface area contributed by atoms with Crippen LogP contribution >= 0.6 is 0 Å². The highest BCUT2D eigenvalue weighted by Gasteiger charge is 2.09. The fraction of sp³-hybridized carbons (Fsp3) is 0.500. The molecule has 0 aromatic carbocycles. The van der Waals surface area contributed by atoms with Crippen molar-refractivity contribution < 1.29 is 4.79 Å². The molecule has 9 heavy (non-hydrogen) atoms. The van der Waals surface area contributed by atoms with Gasteiger partial charge in [-0.25, -0.2) is 0 Å². The molecule has 1 N–H and O–H groups in total. The molecule has 0 aliphatic carbocycles. The van der Waals surface area contributed by atoms with Crippen molar-refractivity contribution in [1.29, 1.82) is 0 Å². The zero-order valence-corrected chi connectivity index (χ0v) is 8.19. The Balaban J connectivity index is 3.88. The second-order valence-corrected chi connectivity index (χ2v) is 3.34. The van der Waals surface area contributed by atoms with Crippen molar-refractivity contribution >= 4 is 16.1 Å². The molecule has 0 aliphatic heterocycles. The summed E-state index contributed by atoms with van der Waals surface area (Å²) in [5.74, 6) is 0.0918. The smallest absolute Gasteiger partial charge is 0.223 e. The lowest BCUT2D eigenvalue weighted by Gasteiger charge is -2.07. The van der Waals surface area contributed by atoms with Gasteiger partial charge in [0.15, 0.2) is 0 Å². The minimum Gasteiger partial charge on any atom is -0.359 e. The van der Waals surface area contributed by atoms with Crippen LogP contribution in [0.15, 0.2) is 12.2 Å². The maximum atomic E-state index is 10.8. The van der Waals surface area contributed by atoms with Crippen LogP contribution in [-0.2, 0) is 4.79 Å². The quantitative estimate of drug-likeness (QED) is 0.408. The van der Waals surface area contributed by atoms with Crippen molar-refractivity contribution in [1.82, 2.24) is 5.32 Å². The summed E-state index contributed by atoms with van der Waals surface area (Å²) in [6.45, 7) is 5.58. The SMILES string of the molecule is C=C(C)C([SiH3])C(=O)NC. The molecular formula is C6H13NOSi. The summed E-state index contributed by atoms with van der Waals surface area (Å²) in [7, 11) is 2.50. The minimum absolute atomic E-state index is 0.0787. The van der Waals surface area contributed by atoms with E-state index in [2.05, 4.69) is 11.9 Å². The van der Waals surface area contributed by atoms with Crippen molar-refractivity contribution in [2.24, 2.45) is 0 Å². The summed E-state index contributed by atoms with van der Waals surface area (Å²) in [4.78, 5) is 10.8. The summed E-state index contributed by atoms with van der Waals surface area (Å²) in [6.07, 6.45) is 0. The molecule has 0 bridgehead atoms. The van der Waals surface area contributed by atoms with E-state index in [1.165, 1.54) is 0 Å². The molecule has 1 unspecified atom stereocenters. The van der Waals surface area contributed by atoms with Crippen molar-refractivity contribution in [3.8, 4) is 0 Å². The highest BCUT2D eigenvalue weighted by Crippen LogP contribution is 2.08. The number of carbonyl (C=O) groups is 1. The lowest BCUT2D eigenvalue weighted by molar-refractivity contribution is -0.119. The first-order valence-corrected chi connectivity index (χ1v) is 4.12. The Morgan fingerprint density at radius 3 is 2.33 bits per heavy atom. The highest BCUT2D eigenvalue weighted by atomic mass is 28.1. The average molecular weight is 143 g/mol. The van der Waals surface area contributed by atoms with Gasteiger partial charge in [-0.1, -0.05) is 12.2 Å². The van der Waals surface area contributed by atoms with Crippen molar-refractivity contribution in [3.63, 3.8) is 0 Å². The molecule has 0 saturated heterocycles. The normalized spacial score (nSPS) is 12.7. The van der Waals surface area contributed by atoms with Crippen LogP contribution in [-0.4, -0.2) is 23.2 Å². The zero-order chi connectivity index (χ0) is 7.44. The molecule has 0 aromatic rings. The summed E-state index contributed by atoms with van der Waals surface area (Å²) in [5.41, 5.74) is 1.04. The number of carbonyl (C=O) groups excluding carboxylic acids is 1. The largest absolute Gasteiger partial charge is 0.359 e. The van der Waals surface area contributed by atoms with Crippen LogP contribution < -0.4 is 5.32 Å². The van der Waals surface area contributed by atoms with Gasteiger partial charge in [-0.05, 0) is 6.92 Å².